The van der Waals surface area contributed by atoms with Crippen LogP contribution in [-0.2, 0) is 10.5 Å². The van der Waals surface area contributed by atoms with E-state index in [1.807, 2.05) is 30.3 Å². The van der Waals surface area contributed by atoms with E-state index in [-0.39, 0.29) is 11.7 Å². The minimum atomic E-state index is -0.244. The van der Waals surface area contributed by atoms with Crippen LogP contribution in [0.5, 0.6) is 0 Å². The molecule has 0 bridgehead atoms. The van der Waals surface area contributed by atoms with Gasteiger partial charge in [-0.05, 0) is 64.6 Å². The molecule has 2 nitrogen and oxygen atoms in total. The average Bonchev–Trinajstić information content (AvgIpc) is 2.41. The van der Waals surface area contributed by atoms with Crippen LogP contribution in [0.4, 0.5) is 10.1 Å². The highest BCUT2D eigenvalue weighted by atomic mass is 127. The van der Waals surface area contributed by atoms with Gasteiger partial charge in [0.2, 0.25) is 5.91 Å². The van der Waals surface area contributed by atoms with Crippen LogP contribution >= 0.6 is 34.4 Å². The molecule has 0 atom stereocenters. The van der Waals surface area contributed by atoms with Crippen molar-refractivity contribution in [3.05, 3.63) is 63.5 Å². The maximum absolute atomic E-state index is 13.0. The average molecular weight is 401 g/mol. The van der Waals surface area contributed by atoms with E-state index in [1.165, 1.54) is 23.9 Å². The van der Waals surface area contributed by atoms with Crippen molar-refractivity contribution < 1.29 is 9.18 Å². The summed E-state index contributed by atoms with van der Waals surface area (Å²) < 4.78 is 14.1. The van der Waals surface area contributed by atoms with E-state index in [0.29, 0.717) is 11.5 Å². The molecule has 5 heteroatoms. The van der Waals surface area contributed by atoms with Crippen LogP contribution in [0.25, 0.3) is 0 Å². The van der Waals surface area contributed by atoms with Gasteiger partial charge in [-0.1, -0.05) is 12.1 Å². The summed E-state index contributed by atoms with van der Waals surface area (Å²) in [4.78, 5) is 11.7. The number of halogens is 2. The van der Waals surface area contributed by atoms with Crippen LogP contribution in [0.1, 0.15) is 5.56 Å². The lowest BCUT2D eigenvalue weighted by atomic mass is 10.2. The monoisotopic (exact) mass is 401 g/mol. The van der Waals surface area contributed by atoms with Crippen molar-refractivity contribution in [2.45, 2.75) is 5.75 Å². The van der Waals surface area contributed by atoms with Crippen LogP contribution in [-0.4, -0.2) is 11.7 Å². The van der Waals surface area contributed by atoms with Gasteiger partial charge >= 0.3 is 0 Å². The quantitative estimate of drug-likeness (QED) is 0.757. The van der Waals surface area contributed by atoms with E-state index in [1.54, 1.807) is 6.07 Å². The number of anilines is 1. The first-order valence-electron chi connectivity index (χ1n) is 6.01. The third-order valence-corrected chi connectivity index (χ3v) is 4.24. The second-order valence-corrected chi connectivity index (χ2v) is 6.41. The normalized spacial score (nSPS) is 10.3. The molecule has 2 rings (SSSR count). The number of carbonyl (C=O) groups is 1. The Morgan fingerprint density at radius 3 is 2.65 bits per heavy atom. The Bertz CT molecular complexity index is 589. The molecule has 104 valence electrons. The minimum absolute atomic E-state index is 0.0485. The van der Waals surface area contributed by atoms with Crippen LogP contribution in [0.2, 0.25) is 0 Å². The molecule has 2 aromatic carbocycles. The number of thioether (sulfide) groups is 1. The highest BCUT2D eigenvalue weighted by Crippen LogP contribution is 2.15. The van der Waals surface area contributed by atoms with Crippen LogP contribution in [0.3, 0.4) is 0 Å². The van der Waals surface area contributed by atoms with Gasteiger partial charge in [0, 0.05) is 15.0 Å². The predicted octanol–water partition coefficient (Wildman–Crippen LogP) is 4.30. The lowest BCUT2D eigenvalue weighted by molar-refractivity contribution is -0.113. The van der Waals surface area contributed by atoms with Gasteiger partial charge in [0.25, 0.3) is 0 Å². The van der Waals surface area contributed by atoms with Crippen molar-refractivity contribution in [1.29, 1.82) is 0 Å². The Labute approximate surface area is 135 Å². The number of benzene rings is 2. The lowest BCUT2D eigenvalue weighted by Crippen LogP contribution is -2.14. The van der Waals surface area contributed by atoms with Crippen molar-refractivity contribution in [1.82, 2.24) is 0 Å². The Kier molecular flexibility index (Phi) is 5.85. The lowest BCUT2D eigenvalue weighted by Gasteiger charge is -2.05. The van der Waals surface area contributed by atoms with Gasteiger partial charge in [-0.15, -0.1) is 11.8 Å². The molecule has 0 spiro atoms. The Hall–Kier alpha value is -1.08. The summed E-state index contributed by atoms with van der Waals surface area (Å²) in [6.45, 7) is 0. The fourth-order valence-electron chi connectivity index (χ4n) is 1.62. The Balaban J connectivity index is 1.76. The van der Waals surface area contributed by atoms with Gasteiger partial charge in [-0.25, -0.2) is 4.39 Å². The largest absolute Gasteiger partial charge is 0.325 e. The minimum Gasteiger partial charge on any atom is -0.325 e. The van der Waals surface area contributed by atoms with Crippen molar-refractivity contribution in [3.8, 4) is 0 Å². The smallest absolute Gasteiger partial charge is 0.234 e. The van der Waals surface area contributed by atoms with Crippen molar-refractivity contribution in [3.63, 3.8) is 0 Å². The Morgan fingerprint density at radius 2 is 1.95 bits per heavy atom. The van der Waals surface area contributed by atoms with E-state index in [2.05, 4.69) is 27.9 Å². The fraction of sp³-hybridized carbons (Fsp3) is 0.133. The maximum Gasteiger partial charge on any atom is 0.234 e. The SMILES string of the molecule is O=C(CSCc1cccc(F)c1)Nc1ccc(I)cc1. The second kappa shape index (κ2) is 7.64. The summed E-state index contributed by atoms with van der Waals surface area (Å²) >= 11 is 3.68. The summed E-state index contributed by atoms with van der Waals surface area (Å²) in [5, 5.41) is 2.83. The summed E-state index contributed by atoms with van der Waals surface area (Å²) in [5.74, 6) is 0.680. The molecule has 1 N–H and O–H groups in total. The fourth-order valence-corrected chi connectivity index (χ4v) is 2.75. The number of rotatable bonds is 5. The van der Waals surface area contributed by atoms with E-state index in [4.69, 9.17) is 0 Å². The highest BCUT2D eigenvalue weighted by Gasteiger charge is 2.03. The molecule has 0 unspecified atom stereocenters. The first-order valence-corrected chi connectivity index (χ1v) is 8.24. The number of hydrogen-bond donors (Lipinski definition) is 1. The molecule has 0 aliphatic rings. The maximum atomic E-state index is 13.0. The van der Waals surface area contributed by atoms with E-state index in [9.17, 15) is 9.18 Å². The first kappa shape index (κ1) is 15.3. The molecule has 0 aliphatic heterocycles. The summed E-state index contributed by atoms with van der Waals surface area (Å²) in [7, 11) is 0. The van der Waals surface area contributed by atoms with E-state index < -0.39 is 0 Å². The third-order valence-electron chi connectivity index (χ3n) is 2.52. The standard InChI is InChI=1S/C15H13FINOS/c16-12-3-1-2-11(8-12)9-20-10-15(19)18-14-6-4-13(17)5-7-14/h1-8H,9-10H2,(H,18,19). The second-order valence-electron chi connectivity index (χ2n) is 4.18. The molecule has 0 saturated heterocycles. The summed E-state index contributed by atoms with van der Waals surface area (Å²) in [6, 6.07) is 14.1. The first-order chi connectivity index (χ1) is 9.63. The molecule has 0 heterocycles. The highest BCUT2D eigenvalue weighted by molar-refractivity contribution is 14.1. The van der Waals surface area contributed by atoms with Gasteiger partial charge in [-0.3, -0.25) is 4.79 Å². The molecular formula is C15H13FINOS. The summed E-state index contributed by atoms with van der Waals surface area (Å²) in [5.41, 5.74) is 1.68. The molecule has 1 amide bonds. The van der Waals surface area contributed by atoms with Gasteiger partial charge in [0.05, 0.1) is 5.75 Å². The van der Waals surface area contributed by atoms with Crippen molar-refractivity contribution >= 4 is 45.9 Å². The molecule has 2 aromatic rings. The number of hydrogen-bond acceptors (Lipinski definition) is 2. The van der Waals surface area contributed by atoms with Crippen molar-refractivity contribution in [2.24, 2.45) is 0 Å². The van der Waals surface area contributed by atoms with E-state index >= 15 is 0 Å². The van der Waals surface area contributed by atoms with Gasteiger partial charge in [-0.2, -0.15) is 0 Å². The van der Waals surface area contributed by atoms with Crippen LogP contribution in [0.15, 0.2) is 48.5 Å². The molecule has 0 saturated carbocycles. The topological polar surface area (TPSA) is 29.1 Å². The molecule has 0 aliphatic carbocycles. The van der Waals surface area contributed by atoms with Crippen molar-refractivity contribution in [2.75, 3.05) is 11.1 Å². The molecule has 0 fully saturated rings. The Morgan fingerprint density at radius 1 is 1.20 bits per heavy atom. The van der Waals surface area contributed by atoms with E-state index in [0.717, 1.165) is 14.8 Å². The zero-order chi connectivity index (χ0) is 14.4. The summed E-state index contributed by atoms with van der Waals surface area (Å²) in [6.07, 6.45) is 0. The zero-order valence-electron chi connectivity index (χ0n) is 10.6. The molecular weight excluding hydrogens is 388 g/mol. The van der Waals surface area contributed by atoms with Gasteiger partial charge in [0.1, 0.15) is 5.82 Å². The van der Waals surface area contributed by atoms with Crippen LogP contribution < -0.4 is 5.32 Å². The molecule has 20 heavy (non-hydrogen) atoms. The van der Waals surface area contributed by atoms with Gasteiger partial charge < -0.3 is 5.32 Å². The number of nitrogens with one attached hydrogen (secondary N) is 1. The number of carbonyl (C=O) groups excluding carboxylic acids is 1. The number of amides is 1. The third kappa shape index (κ3) is 5.13. The molecule has 0 radical (unpaired) electrons. The molecule has 0 aromatic heterocycles. The zero-order valence-corrected chi connectivity index (χ0v) is 13.6. The van der Waals surface area contributed by atoms with Gasteiger partial charge in [0.15, 0.2) is 0 Å². The predicted molar refractivity (Wildman–Crippen MR) is 90.4 cm³/mol. The van der Waals surface area contributed by atoms with Crippen LogP contribution in [0, 0.1) is 9.39 Å².